The number of nitrogens with zero attached hydrogens (tertiary/aromatic N) is 6. The van der Waals surface area contributed by atoms with Gasteiger partial charge in [0.1, 0.15) is 16.3 Å². The van der Waals surface area contributed by atoms with E-state index < -0.39 is 23.0 Å². The molecule has 0 radical (unpaired) electrons. The summed E-state index contributed by atoms with van der Waals surface area (Å²) in [6, 6.07) is 2.57. The second kappa shape index (κ2) is 7.35. The van der Waals surface area contributed by atoms with E-state index in [9.17, 15) is 17.7 Å². The summed E-state index contributed by atoms with van der Waals surface area (Å²) in [6.45, 7) is 1.76. The van der Waals surface area contributed by atoms with E-state index in [1.165, 1.54) is 11.3 Å². The normalized spacial score (nSPS) is 13.2. The third kappa shape index (κ3) is 3.58. The lowest BCUT2D eigenvalue weighted by Crippen LogP contribution is -2.07. The lowest BCUT2D eigenvalue weighted by atomic mass is 10.3. The standard InChI is InChI=1S/C17H13F3N6OS2/c1-3-29(27)16-12(28-15(25-16)13-21-5-4-6-22-13)14-24-9-7-11(17(18,19)20)23-8-10(9)26(14)2/h4-8H,3H2,1-2H3. The van der Waals surface area contributed by atoms with Crippen LogP contribution >= 0.6 is 11.3 Å². The van der Waals surface area contributed by atoms with Gasteiger partial charge in [-0.15, -0.1) is 11.3 Å². The van der Waals surface area contributed by atoms with Crippen molar-refractivity contribution in [2.75, 3.05) is 5.75 Å². The van der Waals surface area contributed by atoms with Crippen molar-refractivity contribution in [1.82, 2.24) is 29.5 Å². The predicted octanol–water partition coefficient (Wildman–Crippen LogP) is 3.70. The smallest absolute Gasteiger partial charge is 0.433 e. The van der Waals surface area contributed by atoms with Gasteiger partial charge in [0, 0.05) is 30.6 Å². The molecule has 0 saturated carbocycles. The number of alkyl halides is 3. The third-order valence-corrected chi connectivity index (χ3v) is 6.52. The molecule has 0 aliphatic heterocycles. The maximum atomic E-state index is 13.0. The molecular formula is C17H13F3N6OS2. The van der Waals surface area contributed by atoms with Crippen LogP contribution in [0.1, 0.15) is 12.6 Å². The van der Waals surface area contributed by atoms with Crippen LogP contribution < -0.4 is 0 Å². The summed E-state index contributed by atoms with van der Waals surface area (Å²) in [5, 5.41) is 0.765. The molecule has 150 valence electrons. The number of aromatic nitrogens is 6. The Morgan fingerprint density at radius 1 is 1.17 bits per heavy atom. The van der Waals surface area contributed by atoms with E-state index in [4.69, 9.17) is 0 Å². The van der Waals surface area contributed by atoms with Crippen molar-refractivity contribution >= 4 is 33.5 Å². The minimum absolute atomic E-state index is 0.143. The van der Waals surface area contributed by atoms with E-state index in [1.54, 1.807) is 37.0 Å². The summed E-state index contributed by atoms with van der Waals surface area (Å²) >= 11 is -0.216. The van der Waals surface area contributed by atoms with Crippen molar-refractivity contribution in [2.24, 2.45) is 7.05 Å². The van der Waals surface area contributed by atoms with Crippen LogP contribution in [0.15, 0.2) is 35.7 Å². The second-order valence-electron chi connectivity index (χ2n) is 5.91. The Bertz CT molecular complexity index is 1180. The summed E-state index contributed by atoms with van der Waals surface area (Å²) in [5.41, 5.74) is -0.453. The number of rotatable bonds is 4. The number of thiazole rings is 1. The van der Waals surface area contributed by atoms with E-state index in [-0.39, 0.29) is 5.52 Å². The van der Waals surface area contributed by atoms with E-state index in [1.807, 2.05) is 0 Å². The molecule has 4 aromatic heterocycles. The minimum Gasteiger partial charge on any atom is -0.610 e. The van der Waals surface area contributed by atoms with Crippen molar-refractivity contribution in [2.45, 2.75) is 18.1 Å². The van der Waals surface area contributed by atoms with Crippen LogP contribution in [0.5, 0.6) is 0 Å². The first-order valence-corrected chi connectivity index (χ1v) is 10.5. The molecule has 0 saturated heterocycles. The molecule has 29 heavy (non-hydrogen) atoms. The predicted molar refractivity (Wildman–Crippen MR) is 103 cm³/mol. The number of imidazole rings is 1. The van der Waals surface area contributed by atoms with E-state index in [2.05, 4.69) is 24.9 Å². The van der Waals surface area contributed by atoms with Crippen LogP contribution in [-0.2, 0) is 24.4 Å². The fourth-order valence-corrected chi connectivity index (χ4v) is 4.85. The highest BCUT2D eigenvalue weighted by Gasteiger charge is 2.33. The average Bonchev–Trinajstić information content (AvgIpc) is 3.29. The van der Waals surface area contributed by atoms with Crippen molar-refractivity contribution in [1.29, 1.82) is 0 Å². The first kappa shape index (κ1) is 19.7. The first-order chi connectivity index (χ1) is 13.8. The fourth-order valence-electron chi connectivity index (χ4n) is 2.69. The summed E-state index contributed by atoms with van der Waals surface area (Å²) in [6.07, 6.45) is -0.297. The van der Waals surface area contributed by atoms with Crippen molar-refractivity contribution in [3.63, 3.8) is 0 Å². The molecule has 1 atom stereocenters. The topological polar surface area (TPSA) is 92.4 Å². The molecule has 0 bridgehead atoms. The summed E-state index contributed by atoms with van der Waals surface area (Å²) in [4.78, 5) is 21.1. The number of fused-ring (bicyclic) bond motifs is 1. The maximum absolute atomic E-state index is 13.0. The summed E-state index contributed by atoms with van der Waals surface area (Å²) < 4.78 is 53.2. The lowest BCUT2D eigenvalue weighted by Gasteiger charge is -2.06. The van der Waals surface area contributed by atoms with Crippen LogP contribution in [0.2, 0.25) is 0 Å². The molecule has 4 rings (SSSR count). The molecule has 1 unspecified atom stereocenters. The zero-order valence-electron chi connectivity index (χ0n) is 15.1. The maximum Gasteiger partial charge on any atom is 0.433 e. The lowest BCUT2D eigenvalue weighted by molar-refractivity contribution is -0.141. The number of halogens is 3. The van der Waals surface area contributed by atoms with E-state index in [0.717, 1.165) is 12.3 Å². The van der Waals surface area contributed by atoms with Crippen LogP contribution in [0.4, 0.5) is 13.2 Å². The van der Waals surface area contributed by atoms with Gasteiger partial charge >= 0.3 is 6.18 Å². The highest BCUT2D eigenvalue weighted by Crippen LogP contribution is 2.38. The van der Waals surface area contributed by atoms with Gasteiger partial charge < -0.3 is 9.12 Å². The minimum atomic E-state index is -4.57. The van der Waals surface area contributed by atoms with Gasteiger partial charge in [0.25, 0.3) is 5.03 Å². The van der Waals surface area contributed by atoms with Gasteiger partial charge in [-0.2, -0.15) is 18.2 Å². The van der Waals surface area contributed by atoms with Gasteiger partial charge in [-0.3, -0.25) is 0 Å². The molecule has 0 N–H and O–H groups in total. The number of pyridine rings is 1. The Balaban J connectivity index is 1.90. The molecule has 4 heterocycles. The molecule has 12 heteroatoms. The molecule has 0 aromatic carbocycles. The van der Waals surface area contributed by atoms with Gasteiger partial charge in [0.05, 0.1) is 17.2 Å². The van der Waals surface area contributed by atoms with E-state index >= 15 is 0 Å². The van der Waals surface area contributed by atoms with Crippen molar-refractivity contribution in [3.8, 4) is 21.5 Å². The Morgan fingerprint density at radius 3 is 2.55 bits per heavy atom. The fraction of sp³-hybridized carbons (Fsp3) is 0.235. The highest BCUT2D eigenvalue weighted by molar-refractivity contribution is 7.91. The molecule has 4 aromatic rings. The molecule has 0 spiro atoms. The van der Waals surface area contributed by atoms with E-state index in [0.29, 0.717) is 37.8 Å². The Hall–Kier alpha value is -2.57. The first-order valence-electron chi connectivity index (χ1n) is 8.36. The van der Waals surface area contributed by atoms with Crippen molar-refractivity contribution in [3.05, 3.63) is 36.4 Å². The van der Waals surface area contributed by atoms with Gasteiger partial charge in [0.15, 0.2) is 16.7 Å². The number of aryl methyl sites for hydroxylation is 1. The molecule has 0 aliphatic carbocycles. The SMILES string of the molecule is CC[S+]([O-])c1nc(-c2ncccn2)sc1-c1nc2cc(C(F)(F)F)ncc2n1C. The summed E-state index contributed by atoms with van der Waals surface area (Å²) in [5.74, 6) is 1.06. The Kier molecular flexibility index (Phi) is 5.00. The molecular weight excluding hydrogens is 425 g/mol. The van der Waals surface area contributed by atoms with Gasteiger partial charge in [0.2, 0.25) is 0 Å². The number of hydrogen-bond acceptors (Lipinski definition) is 7. The van der Waals surface area contributed by atoms with Crippen molar-refractivity contribution < 1.29 is 17.7 Å². The molecule has 0 amide bonds. The Labute approximate surface area is 169 Å². The zero-order chi connectivity index (χ0) is 20.8. The van der Waals surface area contributed by atoms with Gasteiger partial charge in [-0.25, -0.2) is 19.9 Å². The molecule has 0 fully saturated rings. The van der Waals surface area contributed by atoms with Crippen LogP contribution in [-0.4, -0.2) is 39.8 Å². The molecule has 0 aliphatic rings. The summed E-state index contributed by atoms with van der Waals surface area (Å²) in [7, 11) is 1.66. The van der Waals surface area contributed by atoms with Gasteiger partial charge in [-0.1, -0.05) is 0 Å². The third-order valence-electron chi connectivity index (χ3n) is 4.09. The second-order valence-corrected chi connectivity index (χ2v) is 8.56. The highest BCUT2D eigenvalue weighted by atomic mass is 32.2. The average molecular weight is 438 g/mol. The molecule has 7 nitrogen and oxygen atoms in total. The largest absolute Gasteiger partial charge is 0.610 e. The quantitative estimate of drug-likeness (QED) is 0.451. The Morgan fingerprint density at radius 2 is 1.90 bits per heavy atom. The van der Waals surface area contributed by atoms with Crippen LogP contribution in [0.3, 0.4) is 0 Å². The monoisotopic (exact) mass is 438 g/mol. The van der Waals surface area contributed by atoms with Crippen LogP contribution in [0, 0.1) is 0 Å². The van der Waals surface area contributed by atoms with Gasteiger partial charge in [-0.05, 0) is 19.1 Å². The van der Waals surface area contributed by atoms with Crippen LogP contribution in [0.25, 0.3) is 32.6 Å². The zero-order valence-corrected chi connectivity index (χ0v) is 16.8. The number of hydrogen-bond donors (Lipinski definition) is 0.